The van der Waals surface area contributed by atoms with E-state index >= 15 is 0 Å². The van der Waals surface area contributed by atoms with Gasteiger partial charge in [0.2, 0.25) is 0 Å². The minimum absolute atomic E-state index is 0.116. The normalized spacial score (nSPS) is 10.2. The molecule has 110 valence electrons. The lowest BCUT2D eigenvalue weighted by atomic mass is 9.99. The van der Waals surface area contributed by atoms with E-state index < -0.39 is 11.8 Å². The summed E-state index contributed by atoms with van der Waals surface area (Å²) in [6, 6.07) is 9.16. The Labute approximate surface area is 121 Å². The molecule has 4 nitrogen and oxygen atoms in total. The summed E-state index contributed by atoms with van der Waals surface area (Å²) in [5.74, 6) is -0.330. The lowest BCUT2D eigenvalue weighted by molar-refractivity contribution is -0.136. The second kappa shape index (κ2) is 6.26. The van der Waals surface area contributed by atoms with Gasteiger partial charge in [-0.25, -0.2) is 4.39 Å². The first-order valence-corrected chi connectivity index (χ1v) is 6.27. The zero-order valence-electron chi connectivity index (χ0n) is 11.7. The first kappa shape index (κ1) is 14.8. The van der Waals surface area contributed by atoms with Crippen molar-refractivity contribution >= 4 is 5.97 Å². The number of rotatable bonds is 5. The average Bonchev–Trinajstić information content (AvgIpc) is 2.46. The molecule has 0 heterocycles. The van der Waals surface area contributed by atoms with E-state index in [1.807, 2.05) is 0 Å². The number of carboxylic acid groups (broad SMARTS) is 1. The molecule has 0 unspecified atom stereocenters. The summed E-state index contributed by atoms with van der Waals surface area (Å²) in [4.78, 5) is 10.8. The van der Waals surface area contributed by atoms with Gasteiger partial charge in [0.25, 0.3) is 0 Å². The zero-order valence-corrected chi connectivity index (χ0v) is 11.7. The minimum Gasteiger partial charge on any atom is -0.496 e. The SMILES string of the molecule is COc1ccc(F)cc1-c1cc(CC(=O)O)ccc1OC. The first-order valence-electron chi connectivity index (χ1n) is 6.27. The summed E-state index contributed by atoms with van der Waals surface area (Å²) in [6.07, 6.45) is -0.116. The maximum Gasteiger partial charge on any atom is 0.307 e. The van der Waals surface area contributed by atoms with Gasteiger partial charge in [-0.1, -0.05) is 6.07 Å². The summed E-state index contributed by atoms with van der Waals surface area (Å²) in [7, 11) is 2.99. The summed E-state index contributed by atoms with van der Waals surface area (Å²) < 4.78 is 24.0. The third kappa shape index (κ3) is 3.31. The number of halogens is 1. The van der Waals surface area contributed by atoms with Crippen LogP contribution in [0.15, 0.2) is 36.4 Å². The summed E-state index contributed by atoms with van der Waals surface area (Å²) >= 11 is 0. The Kier molecular flexibility index (Phi) is 4.42. The molecule has 0 atom stereocenters. The van der Waals surface area contributed by atoms with Crippen molar-refractivity contribution in [1.29, 1.82) is 0 Å². The van der Waals surface area contributed by atoms with Gasteiger partial charge < -0.3 is 14.6 Å². The van der Waals surface area contributed by atoms with Gasteiger partial charge in [-0.2, -0.15) is 0 Å². The monoisotopic (exact) mass is 290 g/mol. The van der Waals surface area contributed by atoms with Crippen molar-refractivity contribution in [2.45, 2.75) is 6.42 Å². The predicted molar refractivity (Wildman–Crippen MR) is 76.3 cm³/mol. The molecule has 2 aromatic rings. The number of carboxylic acids is 1. The van der Waals surface area contributed by atoms with Crippen LogP contribution in [0, 0.1) is 5.82 Å². The van der Waals surface area contributed by atoms with Crippen molar-refractivity contribution < 1.29 is 23.8 Å². The van der Waals surface area contributed by atoms with Gasteiger partial charge in [-0.15, -0.1) is 0 Å². The van der Waals surface area contributed by atoms with Crippen LogP contribution in [-0.2, 0) is 11.2 Å². The van der Waals surface area contributed by atoms with Gasteiger partial charge in [-0.05, 0) is 35.9 Å². The van der Waals surface area contributed by atoms with E-state index in [2.05, 4.69) is 0 Å². The smallest absolute Gasteiger partial charge is 0.307 e. The van der Waals surface area contributed by atoms with Crippen LogP contribution in [0.5, 0.6) is 11.5 Å². The third-order valence-corrected chi connectivity index (χ3v) is 3.07. The lowest BCUT2D eigenvalue weighted by Crippen LogP contribution is -2.01. The molecule has 0 amide bonds. The van der Waals surface area contributed by atoms with E-state index in [4.69, 9.17) is 14.6 Å². The number of ether oxygens (including phenoxy) is 2. The molecule has 0 aliphatic rings. The molecule has 0 fully saturated rings. The van der Waals surface area contributed by atoms with Crippen LogP contribution in [0.1, 0.15) is 5.56 Å². The van der Waals surface area contributed by atoms with Gasteiger partial charge in [0, 0.05) is 11.1 Å². The fourth-order valence-corrected chi connectivity index (χ4v) is 2.14. The van der Waals surface area contributed by atoms with Crippen molar-refractivity contribution in [2.24, 2.45) is 0 Å². The number of hydrogen-bond donors (Lipinski definition) is 1. The highest BCUT2D eigenvalue weighted by Crippen LogP contribution is 2.37. The Balaban J connectivity index is 2.60. The molecule has 0 aliphatic heterocycles. The van der Waals surface area contributed by atoms with Crippen molar-refractivity contribution in [3.63, 3.8) is 0 Å². The Morgan fingerprint density at radius 1 is 1.05 bits per heavy atom. The molecule has 0 saturated carbocycles. The topological polar surface area (TPSA) is 55.8 Å². The quantitative estimate of drug-likeness (QED) is 0.919. The lowest BCUT2D eigenvalue weighted by Gasteiger charge is -2.13. The number of benzene rings is 2. The fourth-order valence-electron chi connectivity index (χ4n) is 2.14. The summed E-state index contributed by atoms with van der Waals surface area (Å²) in [5, 5.41) is 8.88. The second-order valence-corrected chi connectivity index (χ2v) is 4.45. The van der Waals surface area contributed by atoms with Gasteiger partial charge in [0.05, 0.1) is 20.6 Å². The minimum atomic E-state index is -0.933. The van der Waals surface area contributed by atoms with Crippen molar-refractivity contribution in [2.75, 3.05) is 14.2 Å². The van der Waals surface area contributed by atoms with E-state index in [1.165, 1.54) is 32.4 Å². The Bertz CT molecular complexity index is 667. The highest BCUT2D eigenvalue weighted by molar-refractivity contribution is 5.78. The largest absolute Gasteiger partial charge is 0.496 e. The first-order chi connectivity index (χ1) is 10.0. The Morgan fingerprint density at radius 2 is 1.62 bits per heavy atom. The van der Waals surface area contributed by atoms with Gasteiger partial charge in [-0.3, -0.25) is 4.79 Å². The highest BCUT2D eigenvalue weighted by Gasteiger charge is 2.14. The van der Waals surface area contributed by atoms with E-state index in [9.17, 15) is 9.18 Å². The maximum absolute atomic E-state index is 13.5. The van der Waals surface area contributed by atoms with Crippen molar-refractivity contribution in [3.05, 3.63) is 47.8 Å². The molecule has 2 rings (SSSR count). The van der Waals surface area contributed by atoms with Gasteiger partial charge in [0.1, 0.15) is 17.3 Å². The van der Waals surface area contributed by atoms with E-state index in [0.29, 0.717) is 28.2 Å². The predicted octanol–water partition coefficient (Wildman–Crippen LogP) is 3.14. The molecule has 5 heteroatoms. The molecule has 2 aromatic carbocycles. The van der Waals surface area contributed by atoms with Crippen LogP contribution in [0.2, 0.25) is 0 Å². The maximum atomic E-state index is 13.5. The molecule has 0 saturated heterocycles. The Hall–Kier alpha value is -2.56. The molecule has 1 N–H and O–H groups in total. The molecule has 0 aromatic heterocycles. The second-order valence-electron chi connectivity index (χ2n) is 4.45. The fraction of sp³-hybridized carbons (Fsp3) is 0.188. The molecular formula is C16H15FO4. The molecule has 0 aliphatic carbocycles. The Morgan fingerprint density at radius 3 is 2.19 bits per heavy atom. The van der Waals surface area contributed by atoms with Crippen LogP contribution < -0.4 is 9.47 Å². The van der Waals surface area contributed by atoms with E-state index in [0.717, 1.165) is 0 Å². The van der Waals surface area contributed by atoms with Crippen LogP contribution in [0.4, 0.5) is 4.39 Å². The van der Waals surface area contributed by atoms with Crippen LogP contribution in [0.25, 0.3) is 11.1 Å². The molecular weight excluding hydrogens is 275 g/mol. The third-order valence-electron chi connectivity index (χ3n) is 3.07. The van der Waals surface area contributed by atoms with E-state index in [-0.39, 0.29) is 6.42 Å². The van der Waals surface area contributed by atoms with Crippen LogP contribution in [-0.4, -0.2) is 25.3 Å². The van der Waals surface area contributed by atoms with Crippen LogP contribution >= 0.6 is 0 Å². The van der Waals surface area contributed by atoms with Crippen LogP contribution in [0.3, 0.4) is 0 Å². The number of carbonyl (C=O) groups is 1. The average molecular weight is 290 g/mol. The molecule has 0 radical (unpaired) electrons. The van der Waals surface area contributed by atoms with Gasteiger partial charge >= 0.3 is 5.97 Å². The molecule has 0 spiro atoms. The number of aliphatic carboxylic acids is 1. The molecule has 0 bridgehead atoms. The summed E-state index contributed by atoms with van der Waals surface area (Å²) in [6.45, 7) is 0. The zero-order chi connectivity index (χ0) is 15.4. The number of methoxy groups -OCH3 is 2. The van der Waals surface area contributed by atoms with E-state index in [1.54, 1.807) is 18.2 Å². The molecule has 21 heavy (non-hydrogen) atoms. The number of hydrogen-bond acceptors (Lipinski definition) is 3. The van der Waals surface area contributed by atoms with Crippen molar-refractivity contribution in [1.82, 2.24) is 0 Å². The van der Waals surface area contributed by atoms with Gasteiger partial charge in [0.15, 0.2) is 0 Å². The van der Waals surface area contributed by atoms with Crippen molar-refractivity contribution in [3.8, 4) is 22.6 Å². The highest BCUT2D eigenvalue weighted by atomic mass is 19.1. The standard InChI is InChI=1S/C16H15FO4/c1-20-14-5-3-10(8-16(18)19)7-12(14)13-9-11(17)4-6-15(13)21-2/h3-7,9H,8H2,1-2H3,(H,18,19). The summed E-state index contributed by atoms with van der Waals surface area (Å²) in [5.41, 5.74) is 1.71.